The molecule has 0 spiro atoms. The normalized spacial score (nSPS) is 10.4. The summed E-state index contributed by atoms with van der Waals surface area (Å²) in [4.78, 5) is 33.3. The number of nitrogens with zero attached hydrogens (tertiary/aromatic N) is 3. The van der Waals surface area contributed by atoms with E-state index in [1.807, 2.05) is 6.07 Å². The van der Waals surface area contributed by atoms with Crippen LogP contribution in [0.5, 0.6) is 0 Å². The first-order valence-corrected chi connectivity index (χ1v) is 9.27. The van der Waals surface area contributed by atoms with Crippen LogP contribution >= 0.6 is 0 Å². The van der Waals surface area contributed by atoms with Gasteiger partial charge in [0.05, 0.1) is 22.8 Å². The van der Waals surface area contributed by atoms with Crippen LogP contribution in [0.3, 0.4) is 0 Å². The molecule has 9 heteroatoms. The van der Waals surface area contributed by atoms with E-state index in [1.165, 1.54) is 48.7 Å². The number of anilines is 2. The Balaban J connectivity index is 1.58. The highest BCUT2D eigenvalue weighted by molar-refractivity contribution is 6.11. The van der Waals surface area contributed by atoms with Gasteiger partial charge in [-0.05, 0) is 54.6 Å². The molecule has 0 fully saturated rings. The van der Waals surface area contributed by atoms with Crippen molar-refractivity contribution in [2.45, 2.75) is 0 Å². The summed E-state index contributed by atoms with van der Waals surface area (Å²) in [5.41, 5.74) is 1.15. The first-order chi connectivity index (χ1) is 15.4. The van der Waals surface area contributed by atoms with Crippen molar-refractivity contribution < 1.29 is 18.4 Å². The lowest BCUT2D eigenvalue weighted by molar-refractivity contribution is 0.103. The molecule has 32 heavy (non-hydrogen) atoms. The SMILES string of the molecule is N#Cc1cnc2ccc(C(=O)c3cc(NC(=O)Nc4cccc(F)c4)ccc3F)cc2n1. The molecule has 156 valence electrons. The Morgan fingerprint density at radius 2 is 1.69 bits per heavy atom. The van der Waals surface area contributed by atoms with Gasteiger partial charge in [0.25, 0.3) is 0 Å². The summed E-state index contributed by atoms with van der Waals surface area (Å²) in [6.07, 6.45) is 1.31. The molecule has 0 radical (unpaired) electrons. The number of ketones is 1. The van der Waals surface area contributed by atoms with E-state index in [2.05, 4.69) is 20.6 Å². The first kappa shape index (κ1) is 20.6. The molecule has 2 amide bonds. The van der Waals surface area contributed by atoms with E-state index in [9.17, 15) is 18.4 Å². The van der Waals surface area contributed by atoms with Gasteiger partial charge in [0.2, 0.25) is 0 Å². The monoisotopic (exact) mass is 429 g/mol. The third-order valence-electron chi connectivity index (χ3n) is 4.47. The fourth-order valence-corrected chi connectivity index (χ4v) is 3.00. The average molecular weight is 429 g/mol. The fourth-order valence-electron chi connectivity index (χ4n) is 3.00. The molecule has 0 saturated heterocycles. The Bertz CT molecular complexity index is 1420. The van der Waals surface area contributed by atoms with Crippen LogP contribution in [0.4, 0.5) is 25.0 Å². The Labute approximate surface area is 180 Å². The Hall–Kier alpha value is -4.71. The van der Waals surface area contributed by atoms with Crippen LogP contribution < -0.4 is 10.6 Å². The van der Waals surface area contributed by atoms with E-state index >= 15 is 0 Å². The number of benzene rings is 3. The van der Waals surface area contributed by atoms with Crippen LogP contribution in [0, 0.1) is 23.0 Å². The lowest BCUT2D eigenvalue weighted by Crippen LogP contribution is -2.20. The molecule has 2 N–H and O–H groups in total. The molecular weight excluding hydrogens is 416 g/mol. The molecule has 0 saturated carbocycles. The summed E-state index contributed by atoms with van der Waals surface area (Å²) in [6.45, 7) is 0. The number of rotatable bonds is 4. The second-order valence-electron chi connectivity index (χ2n) is 6.68. The molecule has 0 bridgehead atoms. The number of fused-ring (bicyclic) bond motifs is 1. The van der Waals surface area contributed by atoms with Gasteiger partial charge in [-0.25, -0.2) is 18.6 Å². The highest BCUT2D eigenvalue weighted by Crippen LogP contribution is 2.21. The van der Waals surface area contributed by atoms with Gasteiger partial charge in [-0.3, -0.25) is 9.78 Å². The first-order valence-electron chi connectivity index (χ1n) is 9.27. The fraction of sp³-hybridized carbons (Fsp3) is 0. The number of halogens is 2. The summed E-state index contributed by atoms with van der Waals surface area (Å²) in [5, 5.41) is 13.9. The molecule has 0 atom stereocenters. The molecule has 0 aliphatic heterocycles. The van der Waals surface area contributed by atoms with Crippen LogP contribution in [0.15, 0.2) is 66.9 Å². The minimum Gasteiger partial charge on any atom is -0.308 e. The smallest absolute Gasteiger partial charge is 0.308 e. The number of hydrogen-bond donors (Lipinski definition) is 2. The quantitative estimate of drug-likeness (QED) is 0.459. The zero-order valence-electron chi connectivity index (χ0n) is 16.3. The van der Waals surface area contributed by atoms with Crippen molar-refractivity contribution in [2.75, 3.05) is 10.6 Å². The third-order valence-corrected chi connectivity index (χ3v) is 4.47. The number of urea groups is 1. The maximum atomic E-state index is 14.4. The van der Waals surface area contributed by atoms with Crippen molar-refractivity contribution in [3.8, 4) is 6.07 Å². The van der Waals surface area contributed by atoms with E-state index in [4.69, 9.17) is 5.26 Å². The zero-order valence-corrected chi connectivity index (χ0v) is 16.3. The number of carbonyl (C=O) groups excluding carboxylic acids is 2. The van der Waals surface area contributed by atoms with Gasteiger partial charge in [-0.1, -0.05) is 6.07 Å². The maximum Gasteiger partial charge on any atom is 0.323 e. The van der Waals surface area contributed by atoms with Crippen LogP contribution in [0.25, 0.3) is 11.0 Å². The maximum absolute atomic E-state index is 14.4. The molecule has 3 aromatic carbocycles. The average Bonchev–Trinajstić information content (AvgIpc) is 2.79. The Morgan fingerprint density at radius 3 is 2.44 bits per heavy atom. The molecule has 0 unspecified atom stereocenters. The lowest BCUT2D eigenvalue weighted by Gasteiger charge is -2.10. The number of nitriles is 1. The molecule has 0 aliphatic rings. The molecule has 1 heterocycles. The number of hydrogen-bond acceptors (Lipinski definition) is 5. The highest BCUT2D eigenvalue weighted by atomic mass is 19.1. The number of amides is 2. The van der Waals surface area contributed by atoms with E-state index in [-0.39, 0.29) is 28.2 Å². The van der Waals surface area contributed by atoms with Crippen LogP contribution in [-0.4, -0.2) is 21.8 Å². The Kier molecular flexibility index (Phi) is 5.51. The van der Waals surface area contributed by atoms with Gasteiger partial charge >= 0.3 is 6.03 Å². The number of nitrogens with one attached hydrogen (secondary N) is 2. The van der Waals surface area contributed by atoms with Gasteiger partial charge in [-0.15, -0.1) is 0 Å². The van der Waals surface area contributed by atoms with E-state index in [0.717, 1.165) is 12.1 Å². The summed E-state index contributed by atoms with van der Waals surface area (Å²) in [6, 6.07) is 14.5. The van der Waals surface area contributed by atoms with Gasteiger partial charge in [0, 0.05) is 16.9 Å². The minimum atomic E-state index is -0.775. The molecule has 0 aliphatic carbocycles. The van der Waals surface area contributed by atoms with Gasteiger partial charge < -0.3 is 10.6 Å². The van der Waals surface area contributed by atoms with Crippen LogP contribution in [0.2, 0.25) is 0 Å². The largest absolute Gasteiger partial charge is 0.323 e. The Morgan fingerprint density at radius 1 is 0.906 bits per heavy atom. The van der Waals surface area contributed by atoms with Crippen molar-refractivity contribution >= 4 is 34.2 Å². The van der Waals surface area contributed by atoms with Gasteiger partial charge in [0.15, 0.2) is 11.5 Å². The summed E-state index contributed by atoms with van der Waals surface area (Å²) in [5.74, 6) is -1.93. The predicted molar refractivity (Wildman–Crippen MR) is 113 cm³/mol. The highest BCUT2D eigenvalue weighted by Gasteiger charge is 2.17. The summed E-state index contributed by atoms with van der Waals surface area (Å²) < 4.78 is 27.7. The van der Waals surface area contributed by atoms with Crippen molar-refractivity contribution in [1.82, 2.24) is 9.97 Å². The van der Waals surface area contributed by atoms with Gasteiger partial charge in [0.1, 0.15) is 17.7 Å². The van der Waals surface area contributed by atoms with Crippen molar-refractivity contribution in [3.63, 3.8) is 0 Å². The standard InChI is InChI=1S/C23H13F2N5O2/c24-14-2-1-3-15(9-14)29-23(32)30-16-5-6-19(25)18(10-16)22(31)13-4-7-20-21(8-13)28-17(11-26)12-27-20/h1-10,12H,(H2,29,30,32). The second kappa shape index (κ2) is 8.57. The molecule has 4 rings (SSSR count). The van der Waals surface area contributed by atoms with Crippen molar-refractivity contribution in [2.24, 2.45) is 0 Å². The number of aromatic nitrogens is 2. The van der Waals surface area contributed by atoms with E-state index in [0.29, 0.717) is 11.0 Å². The van der Waals surface area contributed by atoms with Crippen LogP contribution in [0.1, 0.15) is 21.6 Å². The van der Waals surface area contributed by atoms with Crippen molar-refractivity contribution in [1.29, 1.82) is 5.26 Å². The van der Waals surface area contributed by atoms with Crippen LogP contribution in [-0.2, 0) is 0 Å². The van der Waals surface area contributed by atoms with E-state index < -0.39 is 23.4 Å². The van der Waals surface area contributed by atoms with Gasteiger partial charge in [-0.2, -0.15) is 5.26 Å². The zero-order chi connectivity index (χ0) is 22.7. The molecule has 1 aromatic heterocycles. The lowest BCUT2D eigenvalue weighted by atomic mass is 10.0. The third kappa shape index (κ3) is 4.39. The summed E-state index contributed by atoms with van der Waals surface area (Å²) >= 11 is 0. The number of carbonyl (C=O) groups is 2. The van der Waals surface area contributed by atoms with E-state index in [1.54, 1.807) is 6.07 Å². The topological polar surface area (TPSA) is 108 Å². The minimum absolute atomic E-state index is 0.0868. The molecule has 4 aromatic rings. The second-order valence-corrected chi connectivity index (χ2v) is 6.68. The molecule has 7 nitrogen and oxygen atoms in total. The van der Waals surface area contributed by atoms with Crippen molar-refractivity contribution in [3.05, 3.63) is 95.3 Å². The summed E-state index contributed by atoms with van der Waals surface area (Å²) in [7, 11) is 0. The molecular formula is C23H13F2N5O2. The predicted octanol–water partition coefficient (Wildman–Crippen LogP) is 4.65.